The second-order valence-electron chi connectivity index (χ2n) is 9.39. The quantitative estimate of drug-likeness (QED) is 0.123. The number of esters is 2. The smallest absolute Gasteiger partial charge is 0.324 e. The molecule has 3 aromatic carbocycles. The van der Waals surface area contributed by atoms with E-state index in [0.29, 0.717) is 15.8 Å². The van der Waals surface area contributed by atoms with Gasteiger partial charge >= 0.3 is 11.9 Å². The van der Waals surface area contributed by atoms with Crippen molar-refractivity contribution in [1.29, 1.82) is 0 Å². The van der Waals surface area contributed by atoms with E-state index in [-0.39, 0.29) is 12.3 Å². The number of carbonyl (C=O) groups is 2. The van der Waals surface area contributed by atoms with Gasteiger partial charge in [-0.25, -0.2) is 0 Å². The minimum atomic E-state index is -1.34. The second-order valence-corrected chi connectivity index (χ2v) is 10.2. The minimum Gasteiger partial charge on any atom is -0.488 e. The number of carbonyl (C=O) groups excluding carboxylic acids is 2. The molecule has 0 saturated carbocycles. The number of nitrogens with zero attached hydrogens (tertiary/aromatic N) is 1. The fourth-order valence-corrected chi connectivity index (χ4v) is 5.12. The number of hydrogen-bond donors (Lipinski definition) is 1. The molecule has 1 aromatic heterocycles. The number of nitro groups is 1. The molecule has 1 atom stereocenters. The Morgan fingerprint density at radius 2 is 1.74 bits per heavy atom. The van der Waals surface area contributed by atoms with Crippen LogP contribution < -0.4 is 4.74 Å². The van der Waals surface area contributed by atoms with E-state index in [1.54, 1.807) is 36.5 Å². The molecule has 5 rings (SSSR count). The molecule has 1 saturated heterocycles. The standard InChI is InChI=1S/C28H23BrN2O7/c1-28(2)37-26(32)25(27(33)38-28)24(20-14-30-22-6-4-3-5-19(20)22)17-9-12-23(21(29)13-17)36-15-16-7-10-18(11-8-16)31(34)35/h3-14,24-25,30H,15H2,1-2H3/t24-/m1/s1. The van der Waals surface area contributed by atoms with Crippen molar-refractivity contribution >= 4 is 44.5 Å². The van der Waals surface area contributed by atoms with E-state index in [4.69, 9.17) is 14.2 Å². The van der Waals surface area contributed by atoms with Crippen molar-refractivity contribution in [3.8, 4) is 5.75 Å². The number of ether oxygens (including phenoxy) is 3. The van der Waals surface area contributed by atoms with Gasteiger partial charge in [-0.3, -0.25) is 19.7 Å². The topological polar surface area (TPSA) is 121 Å². The van der Waals surface area contributed by atoms with Gasteiger partial charge in [0.2, 0.25) is 0 Å². The van der Waals surface area contributed by atoms with Gasteiger partial charge in [0.1, 0.15) is 12.4 Å². The normalized spacial score (nSPS) is 16.1. The van der Waals surface area contributed by atoms with Crippen molar-refractivity contribution in [2.24, 2.45) is 5.92 Å². The second kappa shape index (κ2) is 9.94. The fourth-order valence-electron chi connectivity index (χ4n) is 4.61. The monoisotopic (exact) mass is 578 g/mol. The Kier molecular flexibility index (Phi) is 6.66. The summed E-state index contributed by atoms with van der Waals surface area (Å²) in [5, 5.41) is 11.7. The molecule has 4 aromatic rings. The maximum absolute atomic E-state index is 13.1. The van der Waals surface area contributed by atoms with Crippen LogP contribution in [-0.4, -0.2) is 27.6 Å². The summed E-state index contributed by atoms with van der Waals surface area (Å²) >= 11 is 3.55. The molecule has 1 aliphatic heterocycles. The summed E-state index contributed by atoms with van der Waals surface area (Å²) in [6.07, 6.45) is 1.79. The maximum Gasteiger partial charge on any atom is 0.324 e. The van der Waals surface area contributed by atoms with Crippen LogP contribution in [0, 0.1) is 16.0 Å². The third kappa shape index (κ3) is 4.99. The van der Waals surface area contributed by atoms with Crippen LogP contribution in [0.25, 0.3) is 10.9 Å². The number of H-pyrrole nitrogens is 1. The summed E-state index contributed by atoms with van der Waals surface area (Å²) in [7, 11) is 0. The number of nitro benzene ring substituents is 1. The number of benzene rings is 3. The first kappa shape index (κ1) is 25.5. The highest BCUT2D eigenvalue weighted by Gasteiger charge is 2.48. The zero-order valence-electron chi connectivity index (χ0n) is 20.5. The molecule has 10 heteroatoms. The molecule has 2 heterocycles. The number of cyclic esters (lactones) is 2. The molecule has 1 fully saturated rings. The molecule has 1 aliphatic rings. The number of aromatic nitrogens is 1. The number of para-hydroxylation sites is 1. The molecule has 9 nitrogen and oxygen atoms in total. The zero-order valence-corrected chi connectivity index (χ0v) is 22.1. The van der Waals surface area contributed by atoms with E-state index in [9.17, 15) is 19.7 Å². The van der Waals surface area contributed by atoms with Crippen molar-refractivity contribution in [1.82, 2.24) is 4.98 Å². The first-order valence-corrected chi connectivity index (χ1v) is 12.6. The van der Waals surface area contributed by atoms with Gasteiger partial charge in [-0.05, 0) is 63.0 Å². The van der Waals surface area contributed by atoms with Gasteiger partial charge in [0.15, 0.2) is 5.92 Å². The number of fused-ring (bicyclic) bond motifs is 1. The van der Waals surface area contributed by atoms with Crippen LogP contribution in [0.4, 0.5) is 5.69 Å². The molecule has 0 bridgehead atoms. The molecule has 0 unspecified atom stereocenters. The predicted molar refractivity (Wildman–Crippen MR) is 141 cm³/mol. The summed E-state index contributed by atoms with van der Waals surface area (Å²) in [5.74, 6) is -4.03. The van der Waals surface area contributed by atoms with Crippen LogP contribution >= 0.6 is 15.9 Å². The molecule has 0 radical (unpaired) electrons. The number of nitrogens with one attached hydrogen (secondary N) is 1. The van der Waals surface area contributed by atoms with Gasteiger partial charge in [-0.1, -0.05) is 24.3 Å². The maximum atomic E-state index is 13.1. The van der Waals surface area contributed by atoms with Crippen LogP contribution in [-0.2, 0) is 25.7 Å². The van der Waals surface area contributed by atoms with Crippen LogP contribution in [0.1, 0.15) is 36.5 Å². The van der Waals surface area contributed by atoms with Gasteiger partial charge < -0.3 is 19.2 Å². The molecule has 194 valence electrons. The highest BCUT2D eigenvalue weighted by atomic mass is 79.9. The van der Waals surface area contributed by atoms with E-state index in [0.717, 1.165) is 22.0 Å². The third-order valence-corrected chi connectivity index (χ3v) is 6.97. The molecule has 1 N–H and O–H groups in total. The lowest BCUT2D eigenvalue weighted by molar-refractivity contribution is -0.384. The Morgan fingerprint density at radius 1 is 1.05 bits per heavy atom. The van der Waals surface area contributed by atoms with Crippen molar-refractivity contribution in [3.63, 3.8) is 0 Å². The predicted octanol–water partition coefficient (Wildman–Crippen LogP) is 6.00. The van der Waals surface area contributed by atoms with Gasteiger partial charge in [-0.2, -0.15) is 0 Å². The number of hydrogen-bond acceptors (Lipinski definition) is 7. The first-order chi connectivity index (χ1) is 18.1. The van der Waals surface area contributed by atoms with E-state index >= 15 is 0 Å². The Hall–Kier alpha value is -4.18. The summed E-state index contributed by atoms with van der Waals surface area (Å²) in [5.41, 5.74) is 3.07. The molecular weight excluding hydrogens is 556 g/mol. The van der Waals surface area contributed by atoms with E-state index in [1.165, 1.54) is 26.0 Å². The summed E-state index contributed by atoms with van der Waals surface area (Å²) in [6, 6.07) is 19.1. The lowest BCUT2D eigenvalue weighted by Gasteiger charge is -2.36. The summed E-state index contributed by atoms with van der Waals surface area (Å²) in [6.45, 7) is 3.24. The largest absolute Gasteiger partial charge is 0.488 e. The SMILES string of the molecule is CC1(C)OC(=O)C([C@H](c2ccc(OCc3ccc([N+](=O)[O-])cc3)c(Br)c2)c2c[nH]c3ccccc23)C(=O)O1. The third-order valence-electron chi connectivity index (χ3n) is 6.35. The highest BCUT2D eigenvalue weighted by molar-refractivity contribution is 9.10. The van der Waals surface area contributed by atoms with Crippen molar-refractivity contribution in [2.75, 3.05) is 0 Å². The lowest BCUT2D eigenvalue weighted by Crippen LogP contribution is -2.48. The van der Waals surface area contributed by atoms with Crippen molar-refractivity contribution < 1.29 is 28.7 Å². The van der Waals surface area contributed by atoms with Crippen LogP contribution in [0.15, 0.2) is 77.4 Å². The first-order valence-electron chi connectivity index (χ1n) is 11.8. The van der Waals surface area contributed by atoms with Crippen LogP contribution in [0.5, 0.6) is 5.75 Å². The number of non-ortho nitro benzene ring substituents is 1. The molecule has 0 aliphatic carbocycles. The van der Waals surface area contributed by atoms with Gasteiger partial charge in [-0.15, -0.1) is 0 Å². The Morgan fingerprint density at radius 3 is 2.39 bits per heavy atom. The van der Waals surface area contributed by atoms with Crippen molar-refractivity contribution in [2.45, 2.75) is 32.2 Å². The Balaban J connectivity index is 1.48. The molecule has 38 heavy (non-hydrogen) atoms. The van der Waals surface area contributed by atoms with E-state index in [2.05, 4.69) is 20.9 Å². The van der Waals surface area contributed by atoms with Gasteiger partial charge in [0.25, 0.3) is 11.5 Å². The van der Waals surface area contributed by atoms with Crippen molar-refractivity contribution in [3.05, 3.63) is 104 Å². The zero-order chi connectivity index (χ0) is 27.0. The Labute approximate surface area is 226 Å². The van der Waals surface area contributed by atoms with E-state index in [1.807, 2.05) is 24.3 Å². The number of rotatable bonds is 7. The molecular formula is C28H23BrN2O7. The number of halogens is 1. The average Bonchev–Trinajstić information content (AvgIpc) is 3.29. The Bertz CT molecular complexity index is 1520. The van der Waals surface area contributed by atoms with Crippen LogP contribution in [0.3, 0.4) is 0 Å². The summed E-state index contributed by atoms with van der Waals surface area (Å²) < 4.78 is 17.5. The molecule has 0 spiro atoms. The van der Waals surface area contributed by atoms with Gasteiger partial charge in [0, 0.05) is 49.0 Å². The number of aromatic amines is 1. The highest BCUT2D eigenvalue weighted by Crippen LogP contribution is 2.42. The fraction of sp³-hybridized carbons (Fsp3) is 0.214. The summed E-state index contributed by atoms with van der Waals surface area (Å²) in [4.78, 5) is 39.9. The minimum absolute atomic E-state index is 0.00533. The van der Waals surface area contributed by atoms with Gasteiger partial charge in [0.05, 0.1) is 9.40 Å². The lowest BCUT2D eigenvalue weighted by atomic mass is 9.80. The van der Waals surface area contributed by atoms with E-state index < -0.39 is 34.5 Å². The van der Waals surface area contributed by atoms with Crippen LogP contribution in [0.2, 0.25) is 0 Å². The molecule has 0 amide bonds. The average molecular weight is 579 g/mol.